The Hall–Kier alpha value is -4.81. The summed E-state index contributed by atoms with van der Waals surface area (Å²) in [5, 5.41) is 8.26. The third-order valence-electron chi connectivity index (χ3n) is 7.80. The largest absolute Gasteiger partial charge is 0.491 e. The minimum absolute atomic E-state index is 0.0513. The van der Waals surface area contributed by atoms with Gasteiger partial charge in [0.2, 0.25) is 17.8 Å². The van der Waals surface area contributed by atoms with E-state index in [1.807, 2.05) is 11.0 Å². The van der Waals surface area contributed by atoms with Crippen molar-refractivity contribution < 1.29 is 27.5 Å². The van der Waals surface area contributed by atoms with E-state index in [9.17, 15) is 22.8 Å². The summed E-state index contributed by atoms with van der Waals surface area (Å²) in [6.45, 7) is 7.41. The number of ether oxygens (including phenoxy) is 1. The summed E-state index contributed by atoms with van der Waals surface area (Å²) in [5.41, 5.74) is 0.946. The van der Waals surface area contributed by atoms with Gasteiger partial charge < -0.3 is 30.5 Å². The van der Waals surface area contributed by atoms with Gasteiger partial charge in [-0.2, -0.15) is 18.2 Å². The summed E-state index contributed by atoms with van der Waals surface area (Å²) >= 11 is 0. The van der Waals surface area contributed by atoms with Gasteiger partial charge in [0.25, 0.3) is 0 Å². The van der Waals surface area contributed by atoms with Gasteiger partial charge in [-0.05, 0) is 42.8 Å². The second-order valence-electron chi connectivity index (χ2n) is 10.7. The van der Waals surface area contributed by atoms with E-state index < -0.39 is 23.5 Å². The highest BCUT2D eigenvalue weighted by Crippen LogP contribution is 2.56. The molecule has 3 aliphatic rings. The second-order valence-corrected chi connectivity index (χ2v) is 10.7. The fourth-order valence-corrected chi connectivity index (χ4v) is 5.58. The van der Waals surface area contributed by atoms with Crippen LogP contribution in [0.3, 0.4) is 0 Å². The van der Waals surface area contributed by atoms with Gasteiger partial charge in [0, 0.05) is 67.3 Å². The molecule has 1 aromatic heterocycles. The third-order valence-corrected chi connectivity index (χ3v) is 7.80. The first-order valence-corrected chi connectivity index (χ1v) is 13.4. The minimum Gasteiger partial charge on any atom is -0.491 e. The normalized spacial score (nSPS) is 20.6. The molecule has 13 heteroatoms. The molecule has 3 N–H and O–H groups in total. The molecule has 2 atom stereocenters. The van der Waals surface area contributed by atoms with Crippen molar-refractivity contribution in [2.45, 2.75) is 25.6 Å². The number of halogens is 3. The molecule has 218 valence electrons. The van der Waals surface area contributed by atoms with E-state index in [1.54, 1.807) is 37.3 Å². The van der Waals surface area contributed by atoms with Crippen LogP contribution in [0.5, 0.6) is 5.75 Å². The average Bonchev–Trinajstić information content (AvgIpc) is 3.68. The van der Waals surface area contributed by atoms with E-state index in [4.69, 9.17) is 4.74 Å². The predicted octanol–water partition coefficient (Wildman–Crippen LogP) is 4.93. The highest BCUT2D eigenvalue weighted by Gasteiger charge is 2.61. The van der Waals surface area contributed by atoms with Crippen molar-refractivity contribution >= 4 is 46.3 Å². The first-order chi connectivity index (χ1) is 20.0. The van der Waals surface area contributed by atoms with Crippen LogP contribution in [0, 0.1) is 5.41 Å². The molecular formula is C29H28F3N7O3. The van der Waals surface area contributed by atoms with E-state index in [1.165, 1.54) is 6.07 Å². The van der Waals surface area contributed by atoms with Gasteiger partial charge in [-0.25, -0.2) is 4.98 Å². The lowest BCUT2D eigenvalue weighted by Gasteiger charge is -2.28. The molecule has 0 radical (unpaired) electrons. The zero-order chi connectivity index (χ0) is 29.6. The SMILES string of the molecule is C=CC(=O)Nc1cccc(Nc2nc(Nc3ccc4c(c3)OC[C@]35CC3N4CCN(C(C)=O)C5)ncc2C(F)(F)F)c1. The topological polar surface area (TPSA) is 112 Å². The summed E-state index contributed by atoms with van der Waals surface area (Å²) in [4.78, 5) is 35.9. The van der Waals surface area contributed by atoms with Crippen molar-refractivity contribution in [1.82, 2.24) is 14.9 Å². The zero-order valence-electron chi connectivity index (χ0n) is 22.7. The number of carbonyl (C=O) groups excluding carboxylic acids is 2. The van der Waals surface area contributed by atoms with Gasteiger partial charge in [0.15, 0.2) is 0 Å². The quantitative estimate of drug-likeness (QED) is 0.353. The number of benzene rings is 2. The lowest BCUT2D eigenvalue weighted by Crippen LogP contribution is -2.38. The van der Waals surface area contributed by atoms with Crippen LogP contribution < -0.4 is 25.6 Å². The summed E-state index contributed by atoms with van der Waals surface area (Å²) < 4.78 is 47.7. The smallest absolute Gasteiger partial charge is 0.421 e. The molecule has 0 spiro atoms. The fraction of sp³-hybridized carbons (Fsp3) is 0.310. The fourth-order valence-electron chi connectivity index (χ4n) is 5.58. The van der Waals surface area contributed by atoms with Crippen LogP contribution in [-0.2, 0) is 15.8 Å². The number of nitrogens with one attached hydrogen (secondary N) is 3. The van der Waals surface area contributed by atoms with Gasteiger partial charge in [-0.3, -0.25) is 9.59 Å². The Morgan fingerprint density at radius 2 is 1.90 bits per heavy atom. The Bertz CT molecular complexity index is 1580. The molecular weight excluding hydrogens is 551 g/mol. The van der Waals surface area contributed by atoms with Crippen LogP contribution in [-0.4, -0.2) is 59.0 Å². The number of hydrogen-bond acceptors (Lipinski definition) is 8. The summed E-state index contributed by atoms with van der Waals surface area (Å²) in [6, 6.07) is 12.0. The van der Waals surface area contributed by atoms with Crippen molar-refractivity contribution in [3.8, 4) is 5.75 Å². The van der Waals surface area contributed by atoms with Crippen LogP contribution in [0.4, 0.5) is 47.7 Å². The molecule has 42 heavy (non-hydrogen) atoms. The van der Waals surface area contributed by atoms with Crippen molar-refractivity contribution in [1.29, 1.82) is 0 Å². The number of fused-ring (bicyclic) bond motifs is 2. The maximum atomic E-state index is 13.8. The number of carbonyl (C=O) groups is 2. The van der Waals surface area contributed by atoms with E-state index in [0.717, 1.165) is 18.2 Å². The van der Waals surface area contributed by atoms with Crippen LogP contribution in [0.1, 0.15) is 18.9 Å². The number of alkyl halides is 3. The molecule has 1 unspecified atom stereocenters. The Balaban J connectivity index is 1.25. The number of hydrogen-bond donors (Lipinski definition) is 3. The van der Waals surface area contributed by atoms with Crippen LogP contribution in [0.15, 0.2) is 61.3 Å². The molecule has 2 aromatic carbocycles. The number of aromatic nitrogens is 2. The third kappa shape index (κ3) is 5.29. The van der Waals surface area contributed by atoms with Gasteiger partial charge in [0.1, 0.15) is 17.1 Å². The molecule has 2 amide bonds. The molecule has 3 aromatic rings. The minimum atomic E-state index is -4.71. The average molecular weight is 580 g/mol. The number of amides is 2. The lowest BCUT2D eigenvalue weighted by atomic mass is 10.1. The summed E-state index contributed by atoms with van der Waals surface area (Å²) in [7, 11) is 0. The van der Waals surface area contributed by atoms with Gasteiger partial charge >= 0.3 is 6.18 Å². The van der Waals surface area contributed by atoms with Crippen LogP contribution >= 0.6 is 0 Å². The molecule has 2 aliphatic heterocycles. The molecule has 10 nitrogen and oxygen atoms in total. The highest BCUT2D eigenvalue weighted by atomic mass is 19.4. The maximum Gasteiger partial charge on any atom is 0.421 e. The molecule has 1 saturated heterocycles. The molecule has 2 bridgehead atoms. The lowest BCUT2D eigenvalue weighted by molar-refractivity contribution is -0.137. The Morgan fingerprint density at radius 1 is 1.12 bits per heavy atom. The molecule has 2 fully saturated rings. The van der Waals surface area contributed by atoms with Crippen molar-refractivity contribution in [2.24, 2.45) is 5.41 Å². The number of nitrogens with zero attached hydrogens (tertiary/aromatic N) is 4. The van der Waals surface area contributed by atoms with Crippen LogP contribution in [0.25, 0.3) is 0 Å². The van der Waals surface area contributed by atoms with E-state index in [2.05, 4.69) is 37.4 Å². The van der Waals surface area contributed by atoms with Crippen molar-refractivity contribution in [3.63, 3.8) is 0 Å². The van der Waals surface area contributed by atoms with E-state index in [-0.39, 0.29) is 29.0 Å². The highest BCUT2D eigenvalue weighted by molar-refractivity contribution is 5.99. The first kappa shape index (κ1) is 27.4. The predicted molar refractivity (Wildman–Crippen MR) is 151 cm³/mol. The second kappa shape index (κ2) is 10.2. The standard InChI is InChI=1S/C29H28F3N7O3/c1-3-25(41)34-18-5-4-6-19(11-18)35-26-21(29(30,31)32)14-33-27(37-26)36-20-7-8-22-23(12-20)42-16-28-13-24(28)39(22)10-9-38(15-28)17(2)40/h3-8,11-12,14,24H,1,9-10,13,15-16H2,2H3,(H,34,41)(H2,33,35,36,37)/t24?,28-/m1/s1. The molecule has 6 rings (SSSR count). The van der Waals surface area contributed by atoms with E-state index >= 15 is 0 Å². The summed E-state index contributed by atoms with van der Waals surface area (Å²) in [5.74, 6) is -0.258. The zero-order valence-corrected chi connectivity index (χ0v) is 22.7. The Kier molecular flexibility index (Phi) is 6.66. The maximum absolute atomic E-state index is 13.8. The van der Waals surface area contributed by atoms with E-state index in [0.29, 0.717) is 49.6 Å². The van der Waals surface area contributed by atoms with Crippen molar-refractivity contribution in [2.75, 3.05) is 47.1 Å². The van der Waals surface area contributed by atoms with Gasteiger partial charge in [-0.1, -0.05) is 12.6 Å². The van der Waals surface area contributed by atoms with Crippen molar-refractivity contribution in [3.05, 3.63) is 66.9 Å². The molecule has 1 aliphatic carbocycles. The number of anilines is 6. The Labute approximate surface area is 239 Å². The van der Waals surface area contributed by atoms with Gasteiger partial charge in [-0.15, -0.1) is 0 Å². The Morgan fingerprint density at radius 3 is 2.67 bits per heavy atom. The van der Waals surface area contributed by atoms with Gasteiger partial charge in [0.05, 0.1) is 12.3 Å². The molecule has 3 heterocycles. The summed E-state index contributed by atoms with van der Waals surface area (Å²) in [6.07, 6.45) is -1.95. The first-order valence-electron chi connectivity index (χ1n) is 13.4. The monoisotopic (exact) mass is 579 g/mol. The number of rotatable bonds is 6. The van der Waals surface area contributed by atoms with Crippen LogP contribution in [0.2, 0.25) is 0 Å². The molecule has 1 saturated carbocycles.